The standard InChI is InChI=1S/C21H24N2O4/c1-12(24)23-16-5-3-2-4-15(16)20-7-8-22-11-13-6-9-27-19(25)17(18(20)23)14(13)10-21(20,22)26/h2-6,14,17-19,25-26H,7-11H2,1H3/t14-,17+,18-,19+,20-,21+/m0/s1. The Morgan fingerprint density at radius 2 is 2.15 bits per heavy atom. The number of piperidine rings is 1. The summed E-state index contributed by atoms with van der Waals surface area (Å²) in [6.07, 6.45) is 2.48. The molecule has 0 aromatic heterocycles. The molecule has 0 radical (unpaired) electrons. The fraction of sp³-hybridized carbons (Fsp3) is 0.571. The number of amides is 1. The van der Waals surface area contributed by atoms with Gasteiger partial charge in [0.15, 0.2) is 6.29 Å². The highest BCUT2D eigenvalue weighted by atomic mass is 16.6. The summed E-state index contributed by atoms with van der Waals surface area (Å²) in [5.74, 6) is -0.264. The molecule has 1 spiro atoms. The van der Waals surface area contributed by atoms with Gasteiger partial charge in [-0.2, -0.15) is 0 Å². The van der Waals surface area contributed by atoms with Crippen LogP contribution in [0.4, 0.5) is 5.69 Å². The van der Waals surface area contributed by atoms with Gasteiger partial charge in [-0.05, 0) is 30.4 Å². The predicted octanol–water partition coefficient (Wildman–Crippen LogP) is 0.978. The molecule has 1 aromatic rings. The lowest BCUT2D eigenvalue weighted by molar-refractivity contribution is -0.218. The first kappa shape index (κ1) is 16.2. The quantitative estimate of drug-likeness (QED) is 0.668. The van der Waals surface area contributed by atoms with Crippen LogP contribution < -0.4 is 4.90 Å². The molecule has 6 rings (SSSR count). The van der Waals surface area contributed by atoms with Gasteiger partial charge >= 0.3 is 0 Å². The Morgan fingerprint density at radius 1 is 1.33 bits per heavy atom. The minimum atomic E-state index is -0.999. The molecular weight excluding hydrogens is 344 g/mol. The van der Waals surface area contributed by atoms with Crippen molar-refractivity contribution in [2.24, 2.45) is 11.8 Å². The van der Waals surface area contributed by atoms with E-state index in [9.17, 15) is 15.0 Å². The molecule has 27 heavy (non-hydrogen) atoms. The van der Waals surface area contributed by atoms with Gasteiger partial charge in [-0.1, -0.05) is 29.8 Å². The highest BCUT2D eigenvalue weighted by molar-refractivity contribution is 5.96. The van der Waals surface area contributed by atoms with E-state index in [4.69, 9.17) is 4.74 Å². The molecule has 6 nitrogen and oxygen atoms in total. The summed E-state index contributed by atoms with van der Waals surface area (Å²) < 4.78 is 5.74. The van der Waals surface area contributed by atoms with Crippen molar-refractivity contribution in [1.82, 2.24) is 4.90 Å². The first-order chi connectivity index (χ1) is 13.0. The molecule has 6 heteroatoms. The van der Waals surface area contributed by atoms with E-state index < -0.39 is 17.4 Å². The van der Waals surface area contributed by atoms with Gasteiger partial charge in [0.2, 0.25) is 5.91 Å². The van der Waals surface area contributed by atoms with E-state index >= 15 is 0 Å². The smallest absolute Gasteiger partial charge is 0.224 e. The summed E-state index contributed by atoms with van der Waals surface area (Å²) in [5.41, 5.74) is 1.56. The number of benzene rings is 1. The number of ether oxygens (including phenoxy) is 1. The molecule has 3 fully saturated rings. The molecule has 2 bridgehead atoms. The van der Waals surface area contributed by atoms with Gasteiger partial charge in [0.25, 0.3) is 0 Å². The highest BCUT2D eigenvalue weighted by Gasteiger charge is 2.75. The van der Waals surface area contributed by atoms with Crippen LogP contribution in [0.15, 0.2) is 35.9 Å². The predicted molar refractivity (Wildman–Crippen MR) is 97.8 cm³/mol. The molecule has 1 aromatic carbocycles. The number of hydrogen-bond acceptors (Lipinski definition) is 5. The van der Waals surface area contributed by atoms with Crippen LogP contribution in [0.2, 0.25) is 0 Å². The Kier molecular flexibility index (Phi) is 3.01. The summed E-state index contributed by atoms with van der Waals surface area (Å²) in [7, 11) is 0. The summed E-state index contributed by atoms with van der Waals surface area (Å²) in [6.45, 7) is 3.46. The molecular formula is C21H24N2O4. The van der Waals surface area contributed by atoms with E-state index in [0.29, 0.717) is 19.6 Å². The lowest BCUT2D eigenvalue weighted by Crippen LogP contribution is -2.73. The zero-order chi connectivity index (χ0) is 18.6. The van der Waals surface area contributed by atoms with E-state index in [2.05, 4.69) is 17.0 Å². The van der Waals surface area contributed by atoms with Crippen molar-refractivity contribution >= 4 is 11.6 Å². The van der Waals surface area contributed by atoms with Crippen LogP contribution >= 0.6 is 0 Å². The largest absolute Gasteiger partial charge is 0.375 e. The Labute approximate surface area is 158 Å². The van der Waals surface area contributed by atoms with Crippen LogP contribution in [0.25, 0.3) is 0 Å². The number of rotatable bonds is 0. The number of fused-ring (bicyclic) bond motifs is 2. The van der Waals surface area contributed by atoms with Crippen molar-refractivity contribution in [3.63, 3.8) is 0 Å². The number of anilines is 1. The summed E-state index contributed by atoms with van der Waals surface area (Å²) >= 11 is 0. The normalized spacial score (nSPS) is 44.4. The minimum Gasteiger partial charge on any atom is -0.375 e. The zero-order valence-electron chi connectivity index (χ0n) is 15.3. The maximum atomic E-state index is 12.8. The maximum absolute atomic E-state index is 12.8. The van der Waals surface area contributed by atoms with Crippen molar-refractivity contribution in [2.75, 3.05) is 24.6 Å². The number of aliphatic hydroxyl groups is 2. The first-order valence-electron chi connectivity index (χ1n) is 9.84. The molecule has 2 saturated heterocycles. The molecule has 1 saturated carbocycles. The summed E-state index contributed by atoms with van der Waals surface area (Å²) in [4.78, 5) is 16.8. The second kappa shape index (κ2) is 5.00. The van der Waals surface area contributed by atoms with E-state index in [1.54, 1.807) is 6.92 Å². The van der Waals surface area contributed by atoms with Crippen LogP contribution in [-0.4, -0.2) is 58.8 Å². The van der Waals surface area contributed by atoms with Crippen LogP contribution in [-0.2, 0) is 14.9 Å². The van der Waals surface area contributed by atoms with Crippen molar-refractivity contribution < 1.29 is 19.7 Å². The number of para-hydroxylation sites is 1. The lowest BCUT2D eigenvalue weighted by atomic mass is 9.53. The van der Waals surface area contributed by atoms with E-state index in [-0.39, 0.29) is 23.8 Å². The molecule has 5 aliphatic rings. The maximum Gasteiger partial charge on any atom is 0.224 e. The molecule has 1 aliphatic carbocycles. The SMILES string of the molecule is CC(=O)N1c2ccccc2[C@@]23CCN4CC5=CCO[C@@H](O)[C@@H]([C@H]12)[C@H]5C[C@]43O. The number of nitrogens with zero attached hydrogens (tertiary/aromatic N) is 2. The third kappa shape index (κ3) is 1.66. The first-order valence-corrected chi connectivity index (χ1v) is 9.84. The van der Waals surface area contributed by atoms with Crippen LogP contribution in [0.3, 0.4) is 0 Å². The van der Waals surface area contributed by atoms with E-state index in [0.717, 1.165) is 24.2 Å². The number of hydrogen-bond donors (Lipinski definition) is 2. The number of carbonyl (C=O) groups excluding carboxylic acids is 1. The van der Waals surface area contributed by atoms with E-state index in [1.165, 1.54) is 5.57 Å². The van der Waals surface area contributed by atoms with Crippen molar-refractivity contribution in [2.45, 2.75) is 43.2 Å². The second-order valence-electron chi connectivity index (χ2n) is 8.70. The van der Waals surface area contributed by atoms with E-state index in [1.807, 2.05) is 23.1 Å². The summed E-state index contributed by atoms with van der Waals surface area (Å²) in [5, 5.41) is 23.0. The molecule has 4 heterocycles. The Balaban J connectivity index is 1.68. The lowest BCUT2D eigenvalue weighted by Gasteiger charge is -2.60. The van der Waals surface area contributed by atoms with Gasteiger partial charge in [-0.15, -0.1) is 0 Å². The van der Waals surface area contributed by atoms with Crippen molar-refractivity contribution in [1.29, 1.82) is 0 Å². The van der Waals surface area contributed by atoms with Gasteiger partial charge in [-0.25, -0.2) is 0 Å². The third-order valence-corrected chi connectivity index (χ3v) is 7.91. The molecule has 142 valence electrons. The Hall–Kier alpha value is -1.73. The van der Waals surface area contributed by atoms with Crippen LogP contribution in [0.1, 0.15) is 25.3 Å². The molecule has 2 N–H and O–H groups in total. The number of aliphatic hydroxyl groups excluding tert-OH is 1. The molecule has 4 aliphatic heterocycles. The van der Waals surface area contributed by atoms with Gasteiger partial charge in [0.05, 0.1) is 18.1 Å². The third-order valence-electron chi connectivity index (χ3n) is 7.91. The van der Waals surface area contributed by atoms with Crippen molar-refractivity contribution in [3.05, 3.63) is 41.5 Å². The topological polar surface area (TPSA) is 73.2 Å². The van der Waals surface area contributed by atoms with Gasteiger partial charge < -0.3 is 19.8 Å². The number of carbonyl (C=O) groups is 1. The molecule has 1 amide bonds. The molecule has 6 atom stereocenters. The van der Waals surface area contributed by atoms with Gasteiger partial charge in [0.1, 0.15) is 5.72 Å². The average molecular weight is 368 g/mol. The average Bonchev–Trinajstić information content (AvgIpc) is 3.06. The summed E-state index contributed by atoms with van der Waals surface area (Å²) in [6, 6.07) is 7.65. The van der Waals surface area contributed by atoms with Crippen LogP contribution in [0, 0.1) is 11.8 Å². The van der Waals surface area contributed by atoms with Gasteiger partial charge in [-0.3, -0.25) is 9.69 Å². The zero-order valence-corrected chi connectivity index (χ0v) is 15.3. The van der Waals surface area contributed by atoms with Crippen LogP contribution in [0.5, 0.6) is 0 Å². The monoisotopic (exact) mass is 368 g/mol. The second-order valence-corrected chi connectivity index (χ2v) is 8.70. The van der Waals surface area contributed by atoms with Crippen molar-refractivity contribution in [3.8, 4) is 0 Å². The molecule has 0 unspecified atom stereocenters. The Morgan fingerprint density at radius 3 is 2.96 bits per heavy atom. The fourth-order valence-electron chi connectivity index (χ4n) is 7.01. The Bertz CT molecular complexity index is 885. The minimum absolute atomic E-state index is 0.0242. The fourth-order valence-corrected chi connectivity index (χ4v) is 7.01. The highest BCUT2D eigenvalue weighted by Crippen LogP contribution is 2.67. The van der Waals surface area contributed by atoms with Gasteiger partial charge in [0, 0.05) is 31.6 Å².